The van der Waals surface area contributed by atoms with Crippen molar-refractivity contribution in [3.05, 3.63) is 0 Å². The normalized spacial score (nSPS) is 23.6. The number of hydrogen-bond acceptors (Lipinski definition) is 2. The van der Waals surface area contributed by atoms with Crippen molar-refractivity contribution in [2.45, 2.75) is 86.4 Å². The maximum atomic E-state index is 13.6. The van der Waals surface area contributed by atoms with Crippen LogP contribution in [0.25, 0.3) is 0 Å². The third kappa shape index (κ3) is 7.14. The van der Waals surface area contributed by atoms with Gasteiger partial charge in [0.15, 0.2) is 67.9 Å². The molecule has 19 heteroatoms. The SMILES string of the molecule is O=C(OF)C(F)(F)C(F)C(F)C(F)C(F)C(F)C(F)C(F)C(F)C(F)C(F)C(F)C(F)C(F)F. The van der Waals surface area contributed by atoms with Gasteiger partial charge in [-0.1, -0.05) is 0 Å². The van der Waals surface area contributed by atoms with Gasteiger partial charge in [0.2, 0.25) is 6.17 Å². The molecule has 12 unspecified atom stereocenters. The molecule has 0 radical (unpaired) electrons. The predicted molar refractivity (Wildman–Crippen MR) is 76.9 cm³/mol. The molecular weight excluding hydrogens is 535 g/mol. The Balaban J connectivity index is 5.37. The minimum atomic E-state index is -5.85. The van der Waals surface area contributed by atoms with E-state index < -0.39 is 92.4 Å². The van der Waals surface area contributed by atoms with Crippen LogP contribution in [0.4, 0.5) is 74.8 Å². The largest absolute Gasteiger partial charge is 0.420 e. The second kappa shape index (κ2) is 12.8. The van der Waals surface area contributed by atoms with Crippen LogP contribution >= 0.6 is 0 Å². The monoisotopic (exact) mass is 548 g/mol. The van der Waals surface area contributed by atoms with Crippen LogP contribution in [0.5, 0.6) is 0 Å². The van der Waals surface area contributed by atoms with E-state index in [4.69, 9.17) is 0 Å². The van der Waals surface area contributed by atoms with Crippen molar-refractivity contribution in [3.8, 4) is 0 Å². The summed E-state index contributed by atoms with van der Waals surface area (Å²) in [5.74, 6) is -9.31. The lowest BCUT2D eigenvalue weighted by Crippen LogP contribution is -2.53. The average Bonchev–Trinajstić information content (AvgIpc) is 2.81. The first kappa shape index (κ1) is 32.3. The van der Waals surface area contributed by atoms with Gasteiger partial charge in [0, 0.05) is 4.53 Å². The first-order chi connectivity index (χ1) is 15.4. The lowest BCUT2D eigenvalue weighted by atomic mass is 9.94. The molecule has 0 heterocycles. The summed E-state index contributed by atoms with van der Waals surface area (Å²) in [6, 6.07) is 0. The minimum Gasteiger partial charge on any atom is -0.248 e. The van der Waals surface area contributed by atoms with E-state index in [9.17, 15) is 79.6 Å². The average molecular weight is 548 g/mol. The van der Waals surface area contributed by atoms with Gasteiger partial charge in [0.1, 0.15) is 0 Å². The van der Waals surface area contributed by atoms with Crippen LogP contribution in [0.15, 0.2) is 0 Å². The lowest BCUT2D eigenvalue weighted by Gasteiger charge is -2.29. The van der Waals surface area contributed by atoms with Gasteiger partial charge in [-0.3, -0.25) is 0 Å². The molecule has 0 spiro atoms. The van der Waals surface area contributed by atoms with Crippen molar-refractivity contribution < 1.29 is 84.5 Å². The van der Waals surface area contributed by atoms with Crippen molar-refractivity contribution in [1.29, 1.82) is 0 Å². The zero-order valence-corrected chi connectivity index (χ0v) is 15.7. The molecule has 0 amide bonds. The van der Waals surface area contributed by atoms with E-state index in [0.29, 0.717) is 0 Å². The van der Waals surface area contributed by atoms with Crippen LogP contribution in [-0.2, 0) is 9.74 Å². The summed E-state index contributed by atoms with van der Waals surface area (Å²) >= 11 is 0. The van der Waals surface area contributed by atoms with Crippen molar-refractivity contribution in [3.63, 3.8) is 0 Å². The molecule has 0 aliphatic carbocycles. The second-order valence-corrected chi connectivity index (χ2v) is 6.61. The molecule has 0 rings (SSSR count). The Morgan fingerprint density at radius 2 is 0.706 bits per heavy atom. The zero-order chi connectivity index (χ0) is 27.3. The molecule has 0 aromatic heterocycles. The van der Waals surface area contributed by atoms with Crippen LogP contribution in [0.3, 0.4) is 0 Å². The number of halogens is 17. The summed E-state index contributed by atoms with van der Waals surface area (Å²) in [4.78, 5) is 12.1. The van der Waals surface area contributed by atoms with Gasteiger partial charge >= 0.3 is 11.9 Å². The summed E-state index contributed by atoms with van der Waals surface area (Å²) in [7, 11) is 0. The minimum absolute atomic E-state index is 1.86. The molecule has 12 atom stereocenters. The van der Waals surface area contributed by atoms with Gasteiger partial charge in [-0.2, -0.15) is 8.78 Å². The summed E-state index contributed by atoms with van der Waals surface area (Å²) in [5, 5.41) is 0. The maximum absolute atomic E-state index is 13.6. The molecule has 0 aromatic carbocycles. The molecule has 0 aliphatic rings. The Kier molecular flexibility index (Phi) is 12.2. The first-order valence-electron chi connectivity index (χ1n) is 8.53. The van der Waals surface area contributed by atoms with Gasteiger partial charge in [0.25, 0.3) is 6.43 Å². The van der Waals surface area contributed by atoms with E-state index in [-0.39, 0.29) is 0 Å². The highest BCUT2D eigenvalue weighted by molar-refractivity contribution is 5.77. The highest BCUT2D eigenvalue weighted by Crippen LogP contribution is 2.34. The topological polar surface area (TPSA) is 26.3 Å². The first-order valence-corrected chi connectivity index (χ1v) is 8.53. The Labute approximate surface area is 178 Å². The van der Waals surface area contributed by atoms with Gasteiger partial charge in [0.05, 0.1) is 0 Å². The fourth-order valence-corrected chi connectivity index (χ4v) is 2.25. The third-order valence-corrected chi connectivity index (χ3v) is 4.25. The molecule has 0 saturated heterocycles. The van der Waals surface area contributed by atoms with E-state index >= 15 is 0 Å². The molecular formula is C15H13F17O2. The highest BCUT2D eigenvalue weighted by atomic mass is 19.3. The molecule has 0 aromatic rings. The molecule has 0 N–H and O–H groups in total. The van der Waals surface area contributed by atoms with Crippen LogP contribution in [0.1, 0.15) is 0 Å². The number of alkyl halides is 16. The fraction of sp³-hybridized carbons (Fsp3) is 0.933. The predicted octanol–water partition coefficient (Wildman–Crippen LogP) is 5.37. The smallest absolute Gasteiger partial charge is 0.248 e. The van der Waals surface area contributed by atoms with E-state index in [2.05, 4.69) is 0 Å². The standard InChI is InChI=1S/C15H13F17O2/c16-1(3(18)5(20)7(22)9(24)11(26)13(28)29)2(17)4(19)6(21)8(23)10(25)12(27)15(30,31)14(33)34-32/h1-13H. The van der Waals surface area contributed by atoms with Crippen molar-refractivity contribution in [1.82, 2.24) is 0 Å². The maximum Gasteiger partial charge on any atom is 0.420 e. The molecule has 2 nitrogen and oxygen atoms in total. The Hall–Kier alpha value is -1.72. The molecule has 204 valence electrons. The lowest BCUT2D eigenvalue weighted by molar-refractivity contribution is -0.225. The highest BCUT2D eigenvalue weighted by Gasteiger charge is 2.59. The van der Waals surface area contributed by atoms with Crippen LogP contribution in [0.2, 0.25) is 0 Å². The van der Waals surface area contributed by atoms with E-state index in [0.717, 1.165) is 0 Å². The van der Waals surface area contributed by atoms with Crippen molar-refractivity contribution >= 4 is 5.97 Å². The molecule has 0 saturated carbocycles. The van der Waals surface area contributed by atoms with Crippen LogP contribution in [-0.4, -0.2) is 92.4 Å². The van der Waals surface area contributed by atoms with Crippen LogP contribution < -0.4 is 0 Å². The van der Waals surface area contributed by atoms with Gasteiger partial charge in [-0.15, -0.1) is 0 Å². The summed E-state index contributed by atoms with van der Waals surface area (Å²) in [5.41, 5.74) is 0. The van der Waals surface area contributed by atoms with Gasteiger partial charge in [-0.25, -0.2) is 71.2 Å². The quantitative estimate of drug-likeness (QED) is 0.273. The van der Waals surface area contributed by atoms with E-state index in [1.54, 1.807) is 0 Å². The molecule has 0 aliphatic heterocycles. The Morgan fingerprint density at radius 3 is 0.941 bits per heavy atom. The number of rotatable bonds is 14. The number of carbonyl (C=O) groups is 1. The van der Waals surface area contributed by atoms with Gasteiger partial charge < -0.3 is 0 Å². The second-order valence-electron chi connectivity index (χ2n) is 6.61. The fourth-order valence-electron chi connectivity index (χ4n) is 2.25. The molecule has 0 bridgehead atoms. The Morgan fingerprint density at radius 1 is 0.471 bits per heavy atom. The van der Waals surface area contributed by atoms with E-state index in [1.807, 2.05) is 4.94 Å². The van der Waals surface area contributed by atoms with Gasteiger partial charge in [-0.05, 0) is 0 Å². The summed E-state index contributed by atoms with van der Waals surface area (Å²) in [6.07, 6.45) is -57.3. The summed E-state index contributed by atoms with van der Waals surface area (Å²) in [6.45, 7) is 0. The van der Waals surface area contributed by atoms with Crippen molar-refractivity contribution in [2.75, 3.05) is 0 Å². The summed E-state index contributed by atoms with van der Waals surface area (Å²) < 4.78 is 221. The third-order valence-electron chi connectivity index (χ3n) is 4.25. The van der Waals surface area contributed by atoms with Crippen molar-refractivity contribution in [2.24, 2.45) is 0 Å². The Bertz CT molecular complexity index is 626. The zero-order valence-electron chi connectivity index (χ0n) is 15.7. The molecule has 0 fully saturated rings. The number of hydrogen-bond donors (Lipinski definition) is 0. The van der Waals surface area contributed by atoms with E-state index in [1.165, 1.54) is 0 Å². The number of carbonyl (C=O) groups excluding carboxylic acids is 1. The molecule has 34 heavy (non-hydrogen) atoms. The van der Waals surface area contributed by atoms with Crippen LogP contribution in [0, 0.1) is 0 Å².